The minimum atomic E-state index is -0.250. The van der Waals surface area contributed by atoms with Crippen LogP contribution < -0.4 is 5.32 Å². The van der Waals surface area contributed by atoms with Crippen molar-refractivity contribution in [2.75, 3.05) is 44.6 Å². The number of piperazine rings is 1. The maximum absolute atomic E-state index is 12.2. The third-order valence-electron chi connectivity index (χ3n) is 3.93. The van der Waals surface area contributed by atoms with Crippen molar-refractivity contribution >= 4 is 28.3 Å². The number of carbonyl (C=O) groups is 2. The minimum absolute atomic E-state index is 0.0612. The van der Waals surface area contributed by atoms with Crippen LogP contribution in [0, 0.1) is 0 Å². The molecule has 22 heavy (non-hydrogen) atoms. The molecule has 1 atom stereocenters. The lowest BCUT2D eigenvalue weighted by Crippen LogP contribution is -2.52. The Morgan fingerprint density at radius 2 is 2.18 bits per heavy atom. The molecule has 2 aliphatic heterocycles. The fourth-order valence-electron chi connectivity index (χ4n) is 2.75. The van der Waals surface area contributed by atoms with Crippen molar-refractivity contribution < 1.29 is 14.3 Å². The molecule has 120 valence electrons. The van der Waals surface area contributed by atoms with Crippen LogP contribution in [-0.2, 0) is 14.3 Å². The van der Waals surface area contributed by atoms with Gasteiger partial charge >= 0.3 is 0 Å². The van der Waals surface area contributed by atoms with Gasteiger partial charge in [-0.2, -0.15) is 0 Å². The monoisotopic (exact) mass is 324 g/mol. The zero-order chi connectivity index (χ0) is 15.4. The van der Waals surface area contributed by atoms with Gasteiger partial charge in [0.2, 0.25) is 5.91 Å². The van der Waals surface area contributed by atoms with Gasteiger partial charge in [-0.3, -0.25) is 14.5 Å². The Bertz CT molecular complexity index is 508. The van der Waals surface area contributed by atoms with E-state index in [1.807, 2.05) is 10.3 Å². The first-order valence-electron chi connectivity index (χ1n) is 7.54. The van der Waals surface area contributed by atoms with Crippen LogP contribution >= 0.6 is 11.3 Å². The van der Waals surface area contributed by atoms with Gasteiger partial charge in [-0.1, -0.05) is 0 Å². The SMILES string of the molecule is O=C(CN1CCN(C(=O)[C@H]2CCCO2)CC1)Nc1nccs1. The van der Waals surface area contributed by atoms with Crippen molar-refractivity contribution in [2.24, 2.45) is 0 Å². The number of thiazole rings is 1. The molecule has 0 saturated carbocycles. The van der Waals surface area contributed by atoms with Crippen LogP contribution in [0.25, 0.3) is 0 Å². The van der Waals surface area contributed by atoms with Crippen LogP contribution in [0.3, 0.4) is 0 Å². The summed E-state index contributed by atoms with van der Waals surface area (Å²) in [7, 11) is 0. The van der Waals surface area contributed by atoms with Crippen LogP contribution in [0.5, 0.6) is 0 Å². The van der Waals surface area contributed by atoms with Gasteiger partial charge in [0, 0.05) is 44.4 Å². The molecule has 0 unspecified atom stereocenters. The Balaban J connectivity index is 1.41. The van der Waals surface area contributed by atoms with E-state index in [0.29, 0.717) is 44.5 Å². The van der Waals surface area contributed by atoms with E-state index in [1.54, 1.807) is 6.20 Å². The smallest absolute Gasteiger partial charge is 0.251 e. The van der Waals surface area contributed by atoms with Gasteiger partial charge in [0.05, 0.1) is 6.54 Å². The van der Waals surface area contributed by atoms with Gasteiger partial charge in [0.25, 0.3) is 5.91 Å². The average Bonchev–Trinajstić information content (AvgIpc) is 3.20. The summed E-state index contributed by atoms with van der Waals surface area (Å²) in [6.45, 7) is 3.76. The van der Waals surface area contributed by atoms with E-state index in [0.717, 1.165) is 12.8 Å². The lowest BCUT2D eigenvalue weighted by atomic mass is 10.2. The maximum atomic E-state index is 12.2. The minimum Gasteiger partial charge on any atom is -0.368 e. The van der Waals surface area contributed by atoms with E-state index >= 15 is 0 Å². The van der Waals surface area contributed by atoms with Gasteiger partial charge in [-0.15, -0.1) is 11.3 Å². The molecular weight excluding hydrogens is 304 g/mol. The van der Waals surface area contributed by atoms with Crippen LogP contribution in [-0.4, -0.2) is 72.0 Å². The highest BCUT2D eigenvalue weighted by molar-refractivity contribution is 7.13. The van der Waals surface area contributed by atoms with Crippen molar-refractivity contribution in [3.05, 3.63) is 11.6 Å². The molecule has 1 aromatic rings. The normalized spacial score (nSPS) is 22.7. The number of rotatable bonds is 4. The molecule has 2 saturated heterocycles. The van der Waals surface area contributed by atoms with E-state index in [-0.39, 0.29) is 17.9 Å². The Hall–Kier alpha value is -1.51. The molecule has 2 fully saturated rings. The molecule has 0 bridgehead atoms. The number of hydrogen-bond acceptors (Lipinski definition) is 6. The second-order valence-corrected chi connectivity index (χ2v) is 6.38. The lowest BCUT2D eigenvalue weighted by Gasteiger charge is -2.35. The Morgan fingerprint density at radius 1 is 1.36 bits per heavy atom. The summed E-state index contributed by atoms with van der Waals surface area (Å²) in [6, 6.07) is 0. The quantitative estimate of drug-likeness (QED) is 0.868. The van der Waals surface area contributed by atoms with Gasteiger partial charge in [0.1, 0.15) is 6.10 Å². The fourth-order valence-corrected chi connectivity index (χ4v) is 3.29. The van der Waals surface area contributed by atoms with Gasteiger partial charge in [0.15, 0.2) is 5.13 Å². The molecule has 3 rings (SSSR count). The number of ether oxygens (including phenoxy) is 1. The first kappa shape index (κ1) is 15.4. The van der Waals surface area contributed by atoms with Crippen molar-refractivity contribution in [3.63, 3.8) is 0 Å². The second kappa shape index (κ2) is 7.17. The van der Waals surface area contributed by atoms with Crippen molar-refractivity contribution in [1.29, 1.82) is 0 Å². The van der Waals surface area contributed by atoms with E-state index in [1.165, 1.54) is 11.3 Å². The van der Waals surface area contributed by atoms with Gasteiger partial charge in [-0.25, -0.2) is 4.98 Å². The molecule has 0 spiro atoms. The van der Waals surface area contributed by atoms with Crippen LogP contribution in [0.4, 0.5) is 5.13 Å². The lowest BCUT2D eigenvalue weighted by molar-refractivity contribution is -0.142. The number of nitrogens with one attached hydrogen (secondary N) is 1. The van der Waals surface area contributed by atoms with Crippen molar-refractivity contribution in [3.8, 4) is 0 Å². The standard InChI is InChI=1S/C14H20N4O3S/c19-12(16-14-15-3-9-22-14)10-17-4-6-18(7-5-17)13(20)11-2-1-8-21-11/h3,9,11H,1-2,4-8,10H2,(H,15,16,19)/t11-/m1/s1. The summed E-state index contributed by atoms with van der Waals surface area (Å²) < 4.78 is 5.44. The Morgan fingerprint density at radius 3 is 2.82 bits per heavy atom. The highest BCUT2D eigenvalue weighted by Crippen LogP contribution is 2.16. The molecular formula is C14H20N4O3S. The predicted octanol–water partition coefficient (Wildman–Crippen LogP) is 0.405. The number of amides is 2. The third kappa shape index (κ3) is 3.82. The fraction of sp³-hybridized carbons (Fsp3) is 0.643. The zero-order valence-electron chi connectivity index (χ0n) is 12.4. The highest BCUT2D eigenvalue weighted by Gasteiger charge is 2.30. The number of nitrogens with zero attached hydrogens (tertiary/aromatic N) is 3. The van der Waals surface area contributed by atoms with Crippen LogP contribution in [0.1, 0.15) is 12.8 Å². The second-order valence-electron chi connectivity index (χ2n) is 5.49. The molecule has 1 N–H and O–H groups in total. The molecule has 2 aliphatic rings. The predicted molar refractivity (Wildman–Crippen MR) is 82.7 cm³/mol. The summed E-state index contributed by atoms with van der Waals surface area (Å²) in [5, 5.41) is 5.22. The topological polar surface area (TPSA) is 74.8 Å². The molecule has 2 amide bonds. The number of aromatic nitrogens is 1. The molecule has 3 heterocycles. The van der Waals surface area contributed by atoms with Gasteiger partial charge in [-0.05, 0) is 12.8 Å². The Kier molecular flexibility index (Phi) is 5.01. The molecule has 0 radical (unpaired) electrons. The number of carbonyl (C=O) groups excluding carboxylic acids is 2. The summed E-state index contributed by atoms with van der Waals surface area (Å²) in [5.74, 6) is 0.0400. The summed E-state index contributed by atoms with van der Waals surface area (Å²) in [4.78, 5) is 32.1. The van der Waals surface area contributed by atoms with Crippen molar-refractivity contribution in [1.82, 2.24) is 14.8 Å². The third-order valence-corrected chi connectivity index (χ3v) is 4.62. The molecule has 0 aliphatic carbocycles. The zero-order valence-corrected chi connectivity index (χ0v) is 13.2. The van der Waals surface area contributed by atoms with Gasteiger partial charge < -0.3 is 15.0 Å². The van der Waals surface area contributed by atoms with E-state index in [4.69, 9.17) is 4.74 Å². The summed E-state index contributed by atoms with van der Waals surface area (Å²) in [6.07, 6.45) is 3.21. The molecule has 7 nitrogen and oxygen atoms in total. The largest absolute Gasteiger partial charge is 0.368 e. The summed E-state index contributed by atoms with van der Waals surface area (Å²) >= 11 is 1.40. The molecule has 8 heteroatoms. The average molecular weight is 324 g/mol. The van der Waals surface area contributed by atoms with E-state index in [2.05, 4.69) is 15.2 Å². The maximum Gasteiger partial charge on any atom is 0.251 e. The highest BCUT2D eigenvalue weighted by atomic mass is 32.1. The van der Waals surface area contributed by atoms with E-state index < -0.39 is 0 Å². The summed E-state index contributed by atoms with van der Waals surface area (Å²) in [5.41, 5.74) is 0. The van der Waals surface area contributed by atoms with E-state index in [9.17, 15) is 9.59 Å². The number of anilines is 1. The molecule has 0 aromatic carbocycles. The number of hydrogen-bond donors (Lipinski definition) is 1. The first-order valence-corrected chi connectivity index (χ1v) is 8.42. The Labute approximate surface area is 133 Å². The van der Waals surface area contributed by atoms with Crippen molar-refractivity contribution in [2.45, 2.75) is 18.9 Å². The first-order chi connectivity index (χ1) is 10.7. The molecule has 1 aromatic heterocycles. The van der Waals surface area contributed by atoms with Crippen LogP contribution in [0.2, 0.25) is 0 Å². The van der Waals surface area contributed by atoms with Crippen LogP contribution in [0.15, 0.2) is 11.6 Å².